The molecule has 0 radical (unpaired) electrons. The monoisotopic (exact) mass is 274 g/mol. The molecule has 1 N–H and O–H groups in total. The number of nitriles is 1. The molecule has 20 heavy (non-hydrogen) atoms. The van der Waals surface area contributed by atoms with Gasteiger partial charge in [-0.05, 0) is 25.0 Å². The van der Waals surface area contributed by atoms with Crippen LogP contribution < -0.4 is 9.80 Å². The first-order valence-corrected chi connectivity index (χ1v) is 6.75. The van der Waals surface area contributed by atoms with Crippen LogP contribution in [0.1, 0.15) is 19.3 Å². The molecule has 0 aromatic carbocycles. The summed E-state index contributed by atoms with van der Waals surface area (Å²) >= 11 is 0. The molecule has 6 nitrogen and oxygen atoms in total. The third-order valence-electron chi connectivity index (χ3n) is 3.38. The van der Waals surface area contributed by atoms with Crippen LogP contribution in [0, 0.1) is 11.3 Å². The second-order valence-electron chi connectivity index (χ2n) is 4.79. The smallest absolute Gasteiger partial charge is 0.305 e. The number of pyridine rings is 1. The number of rotatable bonds is 6. The molecule has 0 unspecified atom stereocenters. The fraction of sp³-hybridized carbons (Fsp3) is 0.500. The lowest BCUT2D eigenvalue weighted by Crippen LogP contribution is -2.27. The topological polar surface area (TPSA) is 80.5 Å². The molecule has 0 aliphatic carbocycles. The summed E-state index contributed by atoms with van der Waals surface area (Å²) in [5, 5.41) is 17.6. The molecule has 0 bridgehead atoms. The Balaban J connectivity index is 2.04. The van der Waals surface area contributed by atoms with Gasteiger partial charge in [-0.25, -0.2) is 4.98 Å². The Bertz CT molecular complexity index is 489. The van der Waals surface area contributed by atoms with Gasteiger partial charge >= 0.3 is 5.97 Å². The molecule has 1 fully saturated rings. The number of aromatic nitrogens is 1. The summed E-state index contributed by atoms with van der Waals surface area (Å²) in [4.78, 5) is 19.0. The molecule has 106 valence electrons. The maximum Gasteiger partial charge on any atom is 0.305 e. The number of aliphatic carboxylic acids is 1. The van der Waals surface area contributed by atoms with Gasteiger partial charge in [0.25, 0.3) is 0 Å². The Labute approximate surface area is 118 Å². The summed E-state index contributed by atoms with van der Waals surface area (Å²) < 4.78 is 0. The minimum Gasteiger partial charge on any atom is -0.481 e. The molecule has 1 aromatic heterocycles. The van der Waals surface area contributed by atoms with Gasteiger partial charge in [0, 0.05) is 19.6 Å². The standard InChI is InChI=1S/C14H18N4O2/c15-6-10-17(9-5-14(19)20)12-3-4-13(16-11-12)18-7-1-2-8-18/h3-4,11H,1-2,5,7-10H2,(H,19,20). The van der Waals surface area contributed by atoms with Gasteiger partial charge in [-0.2, -0.15) is 5.26 Å². The van der Waals surface area contributed by atoms with E-state index in [9.17, 15) is 4.79 Å². The van der Waals surface area contributed by atoms with E-state index in [1.54, 1.807) is 11.1 Å². The van der Waals surface area contributed by atoms with Crippen LogP contribution in [0.15, 0.2) is 18.3 Å². The van der Waals surface area contributed by atoms with Crippen LogP contribution >= 0.6 is 0 Å². The third-order valence-corrected chi connectivity index (χ3v) is 3.38. The quantitative estimate of drug-likeness (QED) is 0.791. The van der Waals surface area contributed by atoms with Crippen LogP contribution in [0.2, 0.25) is 0 Å². The molecule has 1 aliphatic heterocycles. The van der Waals surface area contributed by atoms with Gasteiger partial charge in [-0.1, -0.05) is 0 Å². The lowest BCUT2D eigenvalue weighted by atomic mass is 10.3. The Morgan fingerprint density at radius 2 is 2.20 bits per heavy atom. The molecular formula is C14H18N4O2. The second kappa shape index (κ2) is 6.75. The highest BCUT2D eigenvalue weighted by Crippen LogP contribution is 2.21. The van der Waals surface area contributed by atoms with Crippen molar-refractivity contribution in [1.82, 2.24) is 4.98 Å². The summed E-state index contributed by atoms with van der Waals surface area (Å²) in [6.07, 6.45) is 4.12. The molecule has 0 atom stereocenters. The van der Waals surface area contributed by atoms with Crippen LogP contribution in [0.3, 0.4) is 0 Å². The highest BCUT2D eigenvalue weighted by Gasteiger charge is 2.14. The number of anilines is 2. The van der Waals surface area contributed by atoms with E-state index in [1.807, 2.05) is 12.1 Å². The summed E-state index contributed by atoms with van der Waals surface area (Å²) in [5.41, 5.74) is 0.788. The first-order valence-electron chi connectivity index (χ1n) is 6.75. The average molecular weight is 274 g/mol. The van der Waals surface area contributed by atoms with Gasteiger partial charge in [0.05, 0.1) is 24.4 Å². The Morgan fingerprint density at radius 3 is 2.75 bits per heavy atom. The molecule has 2 heterocycles. The van der Waals surface area contributed by atoms with E-state index in [0.717, 1.165) is 24.6 Å². The van der Waals surface area contributed by atoms with E-state index < -0.39 is 5.97 Å². The number of hydrogen-bond donors (Lipinski definition) is 1. The van der Waals surface area contributed by atoms with Crippen molar-refractivity contribution in [2.24, 2.45) is 0 Å². The molecule has 1 aromatic rings. The summed E-state index contributed by atoms with van der Waals surface area (Å²) in [7, 11) is 0. The van der Waals surface area contributed by atoms with Crippen LogP contribution in [0.4, 0.5) is 11.5 Å². The Hall–Kier alpha value is -2.29. The highest BCUT2D eigenvalue weighted by molar-refractivity contribution is 5.67. The molecule has 1 aliphatic rings. The second-order valence-corrected chi connectivity index (χ2v) is 4.79. The molecule has 6 heteroatoms. The van der Waals surface area contributed by atoms with E-state index in [1.165, 1.54) is 12.8 Å². The summed E-state index contributed by atoms with van der Waals surface area (Å²) in [5.74, 6) is 0.0796. The van der Waals surface area contributed by atoms with Gasteiger partial charge in [0.15, 0.2) is 0 Å². The zero-order valence-electron chi connectivity index (χ0n) is 11.3. The number of carboxylic acid groups (broad SMARTS) is 1. The third kappa shape index (κ3) is 3.60. The van der Waals surface area contributed by atoms with Crippen LogP contribution in [-0.2, 0) is 4.79 Å². The van der Waals surface area contributed by atoms with Gasteiger partial charge in [0.1, 0.15) is 12.4 Å². The highest BCUT2D eigenvalue weighted by atomic mass is 16.4. The summed E-state index contributed by atoms with van der Waals surface area (Å²) in [6.45, 7) is 2.55. The average Bonchev–Trinajstić information content (AvgIpc) is 2.97. The fourth-order valence-electron chi connectivity index (χ4n) is 2.31. The first kappa shape index (κ1) is 14.1. The SMILES string of the molecule is N#CCN(CCC(=O)O)c1ccc(N2CCCC2)nc1. The van der Waals surface area contributed by atoms with Gasteiger partial charge in [-0.15, -0.1) is 0 Å². The molecule has 0 saturated carbocycles. The maximum atomic E-state index is 10.6. The molecule has 0 amide bonds. The van der Waals surface area contributed by atoms with E-state index >= 15 is 0 Å². The van der Waals surface area contributed by atoms with Gasteiger partial charge in [-0.3, -0.25) is 4.79 Å². The largest absolute Gasteiger partial charge is 0.481 e. The number of nitrogens with zero attached hydrogens (tertiary/aromatic N) is 4. The predicted octanol–water partition coefficient (Wildman–Crippen LogP) is 1.49. The maximum absolute atomic E-state index is 10.6. The lowest BCUT2D eigenvalue weighted by Gasteiger charge is -2.22. The minimum absolute atomic E-state index is 0.00948. The zero-order chi connectivity index (χ0) is 14.4. The van der Waals surface area contributed by atoms with Crippen LogP contribution in [0.25, 0.3) is 0 Å². The van der Waals surface area contributed by atoms with Gasteiger partial charge in [0.2, 0.25) is 0 Å². The fourth-order valence-corrected chi connectivity index (χ4v) is 2.31. The van der Waals surface area contributed by atoms with Crippen LogP contribution in [-0.4, -0.2) is 42.2 Å². The normalized spacial score (nSPS) is 14.1. The van der Waals surface area contributed by atoms with Gasteiger partial charge < -0.3 is 14.9 Å². The number of hydrogen-bond acceptors (Lipinski definition) is 5. The van der Waals surface area contributed by atoms with Crippen LogP contribution in [0.5, 0.6) is 0 Å². The van der Waals surface area contributed by atoms with Crippen molar-refractivity contribution in [3.8, 4) is 6.07 Å². The number of carboxylic acids is 1. The van der Waals surface area contributed by atoms with Crippen molar-refractivity contribution in [2.75, 3.05) is 36.0 Å². The van der Waals surface area contributed by atoms with Crippen molar-refractivity contribution in [3.63, 3.8) is 0 Å². The van der Waals surface area contributed by atoms with Crippen molar-refractivity contribution < 1.29 is 9.90 Å². The Kier molecular flexibility index (Phi) is 4.77. The van der Waals surface area contributed by atoms with E-state index in [0.29, 0.717) is 6.54 Å². The van der Waals surface area contributed by atoms with E-state index in [2.05, 4.69) is 16.0 Å². The minimum atomic E-state index is -0.866. The van der Waals surface area contributed by atoms with Crippen molar-refractivity contribution in [2.45, 2.75) is 19.3 Å². The molecule has 2 rings (SSSR count). The lowest BCUT2D eigenvalue weighted by molar-refractivity contribution is -0.136. The number of carbonyl (C=O) groups is 1. The first-order chi connectivity index (χ1) is 9.70. The predicted molar refractivity (Wildman–Crippen MR) is 75.8 cm³/mol. The molecule has 0 spiro atoms. The molecular weight excluding hydrogens is 256 g/mol. The zero-order valence-corrected chi connectivity index (χ0v) is 11.3. The van der Waals surface area contributed by atoms with E-state index in [-0.39, 0.29) is 13.0 Å². The van der Waals surface area contributed by atoms with Crippen molar-refractivity contribution in [1.29, 1.82) is 5.26 Å². The molecule has 1 saturated heterocycles. The van der Waals surface area contributed by atoms with E-state index in [4.69, 9.17) is 10.4 Å². The Morgan fingerprint density at radius 1 is 1.45 bits per heavy atom. The van der Waals surface area contributed by atoms with Crippen molar-refractivity contribution >= 4 is 17.5 Å². The summed E-state index contributed by atoms with van der Waals surface area (Å²) in [6, 6.07) is 5.89. The van der Waals surface area contributed by atoms with Crippen molar-refractivity contribution in [3.05, 3.63) is 18.3 Å².